The lowest BCUT2D eigenvalue weighted by molar-refractivity contribution is -0.141. The van der Waals surface area contributed by atoms with Crippen LogP contribution < -0.4 is 5.32 Å². The number of amides is 2. The van der Waals surface area contributed by atoms with E-state index in [9.17, 15) is 14.4 Å². The highest BCUT2D eigenvalue weighted by molar-refractivity contribution is 5.93. The molecule has 2 amide bonds. The highest BCUT2D eigenvalue weighted by Gasteiger charge is 2.27. The minimum Gasteiger partial charge on any atom is -0.449 e. The molecule has 7 nitrogen and oxygen atoms in total. The summed E-state index contributed by atoms with van der Waals surface area (Å²) < 4.78 is 5.36. The van der Waals surface area contributed by atoms with Gasteiger partial charge in [0, 0.05) is 45.3 Å². The van der Waals surface area contributed by atoms with Gasteiger partial charge < -0.3 is 15.0 Å². The summed E-state index contributed by atoms with van der Waals surface area (Å²) in [6.07, 6.45) is -0.854. The van der Waals surface area contributed by atoms with Gasteiger partial charge in [0.2, 0.25) is 5.91 Å². The van der Waals surface area contributed by atoms with Gasteiger partial charge in [-0.05, 0) is 36.8 Å². The smallest absolute Gasteiger partial charge is 0.338 e. The summed E-state index contributed by atoms with van der Waals surface area (Å²) in [5.41, 5.74) is 2.18. The predicted molar refractivity (Wildman–Crippen MR) is 114 cm³/mol. The van der Waals surface area contributed by atoms with Gasteiger partial charge in [0.05, 0.1) is 5.56 Å². The quantitative estimate of drug-likeness (QED) is 0.742. The lowest BCUT2D eigenvalue weighted by Crippen LogP contribution is -2.51. The Bertz CT molecular complexity index is 875. The Kier molecular flexibility index (Phi) is 7.19. The summed E-state index contributed by atoms with van der Waals surface area (Å²) in [7, 11) is 0. The van der Waals surface area contributed by atoms with Crippen molar-refractivity contribution in [2.24, 2.45) is 0 Å². The van der Waals surface area contributed by atoms with E-state index in [-0.39, 0.29) is 11.8 Å². The molecule has 1 aliphatic rings. The monoisotopic (exact) mass is 409 g/mol. The number of benzene rings is 2. The summed E-state index contributed by atoms with van der Waals surface area (Å²) in [6, 6.07) is 16.6. The number of esters is 1. The van der Waals surface area contributed by atoms with E-state index >= 15 is 0 Å². The summed E-state index contributed by atoms with van der Waals surface area (Å²) >= 11 is 0. The highest BCUT2D eigenvalue weighted by Crippen LogP contribution is 2.13. The van der Waals surface area contributed by atoms with Crippen molar-refractivity contribution in [3.63, 3.8) is 0 Å². The van der Waals surface area contributed by atoms with Crippen LogP contribution in [-0.4, -0.2) is 59.9 Å². The van der Waals surface area contributed by atoms with Crippen molar-refractivity contribution in [2.45, 2.75) is 26.5 Å². The van der Waals surface area contributed by atoms with E-state index in [4.69, 9.17) is 4.74 Å². The second kappa shape index (κ2) is 10.0. The fraction of sp³-hybridized carbons (Fsp3) is 0.348. The fourth-order valence-electron chi connectivity index (χ4n) is 3.40. The maximum Gasteiger partial charge on any atom is 0.338 e. The molecule has 3 rings (SSSR count). The van der Waals surface area contributed by atoms with Crippen LogP contribution in [0.5, 0.6) is 0 Å². The number of anilines is 1. The number of hydrogen-bond acceptors (Lipinski definition) is 5. The maximum atomic E-state index is 12.7. The zero-order chi connectivity index (χ0) is 21.5. The van der Waals surface area contributed by atoms with E-state index < -0.39 is 12.1 Å². The zero-order valence-corrected chi connectivity index (χ0v) is 17.3. The Morgan fingerprint density at radius 3 is 2.20 bits per heavy atom. The average molecular weight is 409 g/mol. The van der Waals surface area contributed by atoms with Crippen molar-refractivity contribution in [2.75, 3.05) is 31.5 Å². The van der Waals surface area contributed by atoms with E-state index in [1.165, 1.54) is 12.5 Å². The van der Waals surface area contributed by atoms with Crippen LogP contribution in [0.3, 0.4) is 0 Å². The second-order valence-electron chi connectivity index (χ2n) is 7.39. The summed E-state index contributed by atoms with van der Waals surface area (Å²) in [6.45, 7) is 6.66. The Hall–Kier alpha value is -3.19. The number of ether oxygens (including phenoxy) is 1. The van der Waals surface area contributed by atoms with Crippen LogP contribution in [0.25, 0.3) is 0 Å². The molecule has 1 N–H and O–H groups in total. The third-order valence-corrected chi connectivity index (χ3v) is 5.01. The van der Waals surface area contributed by atoms with E-state index in [2.05, 4.69) is 22.3 Å². The molecule has 1 aliphatic heterocycles. The molecule has 0 saturated carbocycles. The molecule has 158 valence electrons. The number of nitrogens with one attached hydrogen (secondary N) is 1. The molecule has 1 atom stereocenters. The lowest BCUT2D eigenvalue weighted by atomic mass is 10.2. The van der Waals surface area contributed by atoms with Crippen molar-refractivity contribution in [1.82, 2.24) is 9.80 Å². The first-order chi connectivity index (χ1) is 14.4. The molecule has 0 bridgehead atoms. The Morgan fingerprint density at radius 2 is 1.60 bits per heavy atom. The third-order valence-electron chi connectivity index (χ3n) is 5.01. The van der Waals surface area contributed by atoms with Crippen molar-refractivity contribution in [3.05, 3.63) is 65.7 Å². The maximum absolute atomic E-state index is 12.7. The van der Waals surface area contributed by atoms with Crippen LogP contribution in [0.4, 0.5) is 5.69 Å². The van der Waals surface area contributed by atoms with E-state index in [0.717, 1.165) is 19.6 Å². The van der Waals surface area contributed by atoms with Crippen LogP contribution in [0.15, 0.2) is 54.6 Å². The third kappa shape index (κ3) is 5.90. The number of carbonyl (C=O) groups excluding carboxylic acids is 3. The first kappa shape index (κ1) is 21.5. The molecule has 0 aromatic heterocycles. The second-order valence-corrected chi connectivity index (χ2v) is 7.39. The van der Waals surface area contributed by atoms with Crippen LogP contribution in [0.2, 0.25) is 0 Å². The number of carbonyl (C=O) groups is 3. The Labute approximate surface area is 176 Å². The van der Waals surface area contributed by atoms with Gasteiger partial charge in [-0.25, -0.2) is 4.79 Å². The van der Waals surface area contributed by atoms with Gasteiger partial charge in [-0.1, -0.05) is 30.3 Å². The molecule has 2 aromatic carbocycles. The number of piperazine rings is 1. The molecule has 30 heavy (non-hydrogen) atoms. The number of rotatable bonds is 6. The zero-order valence-electron chi connectivity index (χ0n) is 17.3. The molecule has 1 heterocycles. The van der Waals surface area contributed by atoms with Gasteiger partial charge in [0.15, 0.2) is 6.10 Å². The predicted octanol–water partition coefficient (Wildman–Crippen LogP) is 2.53. The van der Waals surface area contributed by atoms with Crippen LogP contribution in [-0.2, 0) is 20.9 Å². The molecule has 0 aliphatic carbocycles. The molecule has 1 unspecified atom stereocenters. The van der Waals surface area contributed by atoms with Crippen LogP contribution >= 0.6 is 0 Å². The molecule has 0 radical (unpaired) electrons. The normalized spacial score (nSPS) is 15.3. The van der Waals surface area contributed by atoms with Gasteiger partial charge in [0.1, 0.15) is 0 Å². The first-order valence-electron chi connectivity index (χ1n) is 10.1. The topological polar surface area (TPSA) is 78.9 Å². The van der Waals surface area contributed by atoms with Gasteiger partial charge in [-0.15, -0.1) is 0 Å². The molecular weight excluding hydrogens is 382 g/mol. The minimum atomic E-state index is -0.854. The number of nitrogens with zero attached hydrogens (tertiary/aromatic N) is 2. The van der Waals surface area contributed by atoms with Gasteiger partial charge in [-0.2, -0.15) is 0 Å². The standard InChI is InChI=1S/C23H27N3O4/c1-17(30-23(29)20-8-10-21(11-9-20)24-18(2)27)22(28)26-14-12-25(13-15-26)16-19-6-4-3-5-7-19/h3-11,17H,12-16H2,1-2H3,(H,24,27). The molecule has 1 saturated heterocycles. The van der Waals surface area contributed by atoms with Gasteiger partial charge in [-0.3, -0.25) is 14.5 Å². The van der Waals surface area contributed by atoms with E-state index in [1.54, 1.807) is 36.1 Å². The van der Waals surface area contributed by atoms with Crippen molar-refractivity contribution >= 4 is 23.5 Å². The largest absolute Gasteiger partial charge is 0.449 e. The fourth-order valence-corrected chi connectivity index (χ4v) is 3.40. The van der Waals surface area contributed by atoms with Gasteiger partial charge in [0.25, 0.3) is 5.91 Å². The summed E-state index contributed by atoms with van der Waals surface area (Å²) in [5, 5.41) is 2.64. The SMILES string of the molecule is CC(=O)Nc1ccc(C(=O)OC(C)C(=O)N2CCN(Cc3ccccc3)CC2)cc1. The first-order valence-corrected chi connectivity index (χ1v) is 10.1. The highest BCUT2D eigenvalue weighted by atomic mass is 16.5. The lowest BCUT2D eigenvalue weighted by Gasteiger charge is -2.35. The van der Waals surface area contributed by atoms with Crippen LogP contribution in [0, 0.1) is 0 Å². The van der Waals surface area contributed by atoms with Crippen molar-refractivity contribution < 1.29 is 19.1 Å². The molecular formula is C23H27N3O4. The van der Waals surface area contributed by atoms with Crippen molar-refractivity contribution in [1.29, 1.82) is 0 Å². The van der Waals surface area contributed by atoms with E-state index in [1.807, 2.05) is 18.2 Å². The van der Waals surface area contributed by atoms with Crippen molar-refractivity contribution in [3.8, 4) is 0 Å². The molecule has 7 heteroatoms. The average Bonchev–Trinajstić information content (AvgIpc) is 2.74. The minimum absolute atomic E-state index is 0.183. The van der Waals surface area contributed by atoms with E-state index in [0.29, 0.717) is 24.3 Å². The molecule has 1 fully saturated rings. The summed E-state index contributed by atoms with van der Waals surface area (Å²) in [4.78, 5) is 40.2. The van der Waals surface area contributed by atoms with Crippen LogP contribution in [0.1, 0.15) is 29.8 Å². The van der Waals surface area contributed by atoms with Gasteiger partial charge >= 0.3 is 5.97 Å². The number of hydrogen-bond donors (Lipinski definition) is 1. The Balaban J connectivity index is 1.47. The summed E-state index contributed by atoms with van der Waals surface area (Å²) in [5.74, 6) is -0.932. The molecule has 0 spiro atoms. The Morgan fingerprint density at radius 1 is 0.967 bits per heavy atom. The molecule has 2 aromatic rings.